The molecule has 11 heteroatoms. The molecule has 0 spiro atoms. The molecule has 0 bridgehead atoms. The number of aromatic nitrogens is 3. The second kappa shape index (κ2) is 10.9. The molecule has 4 heterocycles. The molecule has 2 aliphatic heterocycles. The van der Waals surface area contributed by atoms with Gasteiger partial charge < -0.3 is 18.8 Å². The molecule has 8 nitrogen and oxygen atoms in total. The zero-order valence-corrected chi connectivity index (χ0v) is 23.7. The first-order valence-corrected chi connectivity index (χ1v) is 14.4. The zero-order chi connectivity index (χ0) is 29.0. The summed E-state index contributed by atoms with van der Waals surface area (Å²) in [7, 11) is 1.28. The molecule has 2 aromatic carbocycles. The van der Waals surface area contributed by atoms with Crippen LogP contribution in [0.2, 0.25) is 5.02 Å². The molecule has 3 atom stereocenters. The molecule has 2 saturated heterocycles. The monoisotopic (exact) mass is 594 g/mol. The van der Waals surface area contributed by atoms with E-state index in [4.69, 9.17) is 30.8 Å². The van der Waals surface area contributed by atoms with Crippen molar-refractivity contribution in [3.05, 3.63) is 87.8 Å². The molecule has 4 aromatic rings. The Balaban J connectivity index is 1.04. The maximum Gasteiger partial charge on any atom is 0.338 e. The summed E-state index contributed by atoms with van der Waals surface area (Å²) in [6, 6.07) is 13.1. The minimum Gasteiger partial charge on any atom is -0.473 e. The first-order valence-electron chi connectivity index (χ1n) is 14.0. The van der Waals surface area contributed by atoms with E-state index in [2.05, 4.69) is 9.88 Å². The summed E-state index contributed by atoms with van der Waals surface area (Å²) < 4.78 is 47.4. The molecule has 1 saturated carbocycles. The fourth-order valence-electron chi connectivity index (χ4n) is 6.29. The zero-order valence-electron chi connectivity index (χ0n) is 22.9. The van der Waals surface area contributed by atoms with Crippen LogP contribution in [0.15, 0.2) is 48.5 Å². The summed E-state index contributed by atoms with van der Waals surface area (Å²) in [6.45, 7) is 3.64. The number of carbonyl (C=O) groups excluding carboxylic acids is 1. The van der Waals surface area contributed by atoms with Crippen molar-refractivity contribution in [1.82, 2.24) is 19.4 Å². The SMILES string of the molecule is COC(=O)c1cc(F)c2nc(CN3CC4C(C3)C4c3cccc(OCc4ccc(Cl)cc4F)n3)n(C[C@@H]3CCO3)c2c1. The van der Waals surface area contributed by atoms with Crippen molar-refractivity contribution in [2.24, 2.45) is 11.8 Å². The number of benzene rings is 2. The molecule has 3 aliphatic rings. The first-order chi connectivity index (χ1) is 20.4. The minimum absolute atomic E-state index is 0.0408. The molecular weight excluding hydrogens is 566 g/mol. The Bertz CT molecular complexity index is 1660. The third-order valence-corrected chi connectivity index (χ3v) is 8.83. The van der Waals surface area contributed by atoms with Gasteiger partial charge in [0, 0.05) is 48.0 Å². The van der Waals surface area contributed by atoms with Crippen molar-refractivity contribution >= 4 is 28.6 Å². The van der Waals surface area contributed by atoms with E-state index in [-0.39, 0.29) is 23.8 Å². The largest absolute Gasteiger partial charge is 0.473 e. The smallest absolute Gasteiger partial charge is 0.338 e. The van der Waals surface area contributed by atoms with Crippen LogP contribution in [-0.4, -0.2) is 58.3 Å². The first kappa shape index (κ1) is 27.2. The summed E-state index contributed by atoms with van der Waals surface area (Å²) in [5, 5.41) is 0.343. The number of methoxy groups -OCH3 is 1. The predicted octanol–water partition coefficient (Wildman–Crippen LogP) is 5.36. The van der Waals surface area contributed by atoms with Crippen molar-refractivity contribution in [1.29, 1.82) is 0 Å². The number of piperidine rings is 1. The van der Waals surface area contributed by atoms with Crippen LogP contribution in [-0.2, 0) is 29.2 Å². The van der Waals surface area contributed by atoms with Gasteiger partial charge >= 0.3 is 5.97 Å². The van der Waals surface area contributed by atoms with Gasteiger partial charge in [0.15, 0.2) is 5.82 Å². The summed E-state index contributed by atoms with van der Waals surface area (Å²) in [6.07, 6.45) is 0.970. The average molecular weight is 595 g/mol. The van der Waals surface area contributed by atoms with Crippen LogP contribution in [0.3, 0.4) is 0 Å². The van der Waals surface area contributed by atoms with E-state index in [0.717, 1.165) is 31.0 Å². The van der Waals surface area contributed by atoms with Crippen molar-refractivity contribution in [2.75, 3.05) is 26.8 Å². The highest BCUT2D eigenvalue weighted by Crippen LogP contribution is 2.58. The van der Waals surface area contributed by atoms with Crippen molar-refractivity contribution in [3.8, 4) is 5.88 Å². The van der Waals surface area contributed by atoms with Gasteiger partial charge in [-0.15, -0.1) is 0 Å². The molecule has 0 N–H and O–H groups in total. The lowest BCUT2D eigenvalue weighted by Crippen LogP contribution is -2.33. The summed E-state index contributed by atoms with van der Waals surface area (Å²) in [5.41, 5.74) is 2.38. The summed E-state index contributed by atoms with van der Waals surface area (Å²) in [5.74, 6) is 0.921. The number of rotatable bonds is 9. The lowest BCUT2D eigenvalue weighted by molar-refractivity contribution is -0.0591. The third kappa shape index (κ3) is 5.12. The Hall–Kier alpha value is -3.60. The number of fused-ring (bicyclic) bond motifs is 2. The van der Waals surface area contributed by atoms with E-state index < -0.39 is 17.6 Å². The van der Waals surface area contributed by atoms with E-state index in [1.807, 2.05) is 16.7 Å². The van der Waals surface area contributed by atoms with Crippen LogP contribution in [0, 0.1) is 23.5 Å². The van der Waals surface area contributed by atoms with Crippen molar-refractivity contribution in [3.63, 3.8) is 0 Å². The lowest BCUT2D eigenvalue weighted by atomic mass is 10.1. The molecule has 0 radical (unpaired) electrons. The maximum atomic E-state index is 15.0. The maximum absolute atomic E-state index is 15.0. The van der Waals surface area contributed by atoms with E-state index >= 15 is 4.39 Å². The molecule has 0 amide bonds. The summed E-state index contributed by atoms with van der Waals surface area (Å²) in [4.78, 5) is 23.9. The van der Waals surface area contributed by atoms with Crippen LogP contribution in [0.5, 0.6) is 5.88 Å². The quantitative estimate of drug-likeness (QED) is 0.241. The van der Waals surface area contributed by atoms with Crippen LogP contribution in [0.4, 0.5) is 8.78 Å². The Morgan fingerprint density at radius 3 is 2.62 bits per heavy atom. The molecule has 42 heavy (non-hydrogen) atoms. The normalized spacial score (nSPS) is 23.0. The molecule has 2 unspecified atom stereocenters. The average Bonchev–Trinajstić information content (AvgIpc) is 3.27. The van der Waals surface area contributed by atoms with Gasteiger partial charge in [-0.25, -0.2) is 23.5 Å². The molecule has 1 aliphatic carbocycles. The number of halogens is 3. The van der Waals surface area contributed by atoms with Crippen LogP contribution in [0.1, 0.15) is 39.8 Å². The standard InChI is InChI=1S/C31H29ClF2N4O4/c1-40-31(39)18-9-24(34)30-26(10-18)38(12-20-7-8-41-20)27(36-30)15-37-13-21-22(14-37)29(21)25-3-2-4-28(35-25)42-16-17-5-6-19(32)11-23(17)33/h2-6,9-11,20-22,29H,7-8,12-16H2,1H3/t20-,21?,22?,29?/m0/s1. The highest BCUT2D eigenvalue weighted by molar-refractivity contribution is 6.30. The lowest BCUT2D eigenvalue weighted by Gasteiger charge is -2.28. The van der Waals surface area contributed by atoms with Crippen LogP contribution >= 0.6 is 11.6 Å². The Labute approximate surface area is 246 Å². The van der Waals surface area contributed by atoms with Gasteiger partial charge in [-0.2, -0.15) is 0 Å². The second-order valence-electron chi connectivity index (χ2n) is 11.2. The Morgan fingerprint density at radius 1 is 1.10 bits per heavy atom. The third-order valence-electron chi connectivity index (χ3n) is 8.60. The van der Waals surface area contributed by atoms with Gasteiger partial charge in [-0.3, -0.25) is 4.90 Å². The molecule has 2 aromatic heterocycles. The molecule has 218 valence electrons. The highest BCUT2D eigenvalue weighted by atomic mass is 35.5. The molecule has 7 rings (SSSR count). The van der Waals surface area contributed by atoms with E-state index in [1.165, 1.54) is 19.2 Å². The van der Waals surface area contributed by atoms with Crippen LogP contribution < -0.4 is 4.74 Å². The number of hydrogen-bond acceptors (Lipinski definition) is 7. The number of likely N-dealkylation sites (tertiary alicyclic amines) is 1. The number of imidazole rings is 1. The van der Waals surface area contributed by atoms with E-state index in [1.54, 1.807) is 24.3 Å². The number of carbonyl (C=O) groups is 1. The molecular formula is C31H29ClF2N4O4. The van der Waals surface area contributed by atoms with E-state index in [9.17, 15) is 9.18 Å². The van der Waals surface area contributed by atoms with Gasteiger partial charge in [0.05, 0.1) is 37.4 Å². The Morgan fingerprint density at radius 2 is 1.90 bits per heavy atom. The van der Waals surface area contributed by atoms with E-state index in [0.29, 0.717) is 59.4 Å². The highest BCUT2D eigenvalue weighted by Gasteiger charge is 2.57. The fourth-order valence-corrected chi connectivity index (χ4v) is 6.45. The number of ether oxygens (including phenoxy) is 3. The Kier molecular flexibility index (Phi) is 7.08. The topological polar surface area (TPSA) is 78.7 Å². The van der Waals surface area contributed by atoms with Crippen molar-refractivity contribution < 1.29 is 27.8 Å². The van der Waals surface area contributed by atoms with Gasteiger partial charge in [0.25, 0.3) is 0 Å². The number of nitrogens with zero attached hydrogens (tertiary/aromatic N) is 4. The van der Waals surface area contributed by atoms with Gasteiger partial charge in [-0.1, -0.05) is 23.7 Å². The number of hydrogen-bond donors (Lipinski definition) is 0. The predicted molar refractivity (Wildman–Crippen MR) is 150 cm³/mol. The van der Waals surface area contributed by atoms with Gasteiger partial charge in [0.1, 0.15) is 23.8 Å². The molecule has 3 fully saturated rings. The summed E-state index contributed by atoms with van der Waals surface area (Å²) >= 11 is 5.84. The fraction of sp³-hybridized carbons (Fsp3) is 0.387. The second-order valence-corrected chi connectivity index (χ2v) is 11.6. The number of pyridine rings is 1. The minimum atomic E-state index is -0.587. The van der Waals surface area contributed by atoms with Gasteiger partial charge in [0.2, 0.25) is 5.88 Å². The number of esters is 1. The van der Waals surface area contributed by atoms with Crippen LogP contribution in [0.25, 0.3) is 11.0 Å². The van der Waals surface area contributed by atoms with Gasteiger partial charge in [-0.05, 0) is 48.6 Å². The van der Waals surface area contributed by atoms with Crippen molar-refractivity contribution in [2.45, 2.75) is 38.1 Å².